The molecule has 0 aliphatic carbocycles. The van der Waals surface area contributed by atoms with E-state index >= 15 is 0 Å². The molecule has 0 heterocycles. The van der Waals surface area contributed by atoms with Crippen molar-refractivity contribution in [2.24, 2.45) is 0 Å². The summed E-state index contributed by atoms with van der Waals surface area (Å²) >= 11 is 2.16. The fourth-order valence-electron chi connectivity index (χ4n) is 1.55. The number of rotatable bonds is 2. The van der Waals surface area contributed by atoms with Crippen molar-refractivity contribution in [3.8, 4) is 0 Å². The summed E-state index contributed by atoms with van der Waals surface area (Å²) in [5.74, 6) is -0.381. The summed E-state index contributed by atoms with van der Waals surface area (Å²) in [6.07, 6.45) is -0.907. The molecule has 1 unspecified atom stereocenters. The molecule has 2 aromatic rings. The summed E-state index contributed by atoms with van der Waals surface area (Å²) in [5, 5.41) is 10.1. The summed E-state index contributed by atoms with van der Waals surface area (Å²) in [4.78, 5) is 0. The van der Waals surface area contributed by atoms with Crippen LogP contribution in [-0.2, 0) is 0 Å². The summed E-state index contributed by atoms with van der Waals surface area (Å²) in [6, 6.07) is 13.7. The maximum atomic E-state index is 13.5. The first-order valence-electron chi connectivity index (χ1n) is 4.86. The first kappa shape index (κ1) is 11.5. The summed E-state index contributed by atoms with van der Waals surface area (Å²) in [7, 11) is 0. The molecular weight excluding hydrogens is 318 g/mol. The monoisotopic (exact) mass is 328 g/mol. The van der Waals surface area contributed by atoms with Crippen molar-refractivity contribution < 1.29 is 9.50 Å². The molecule has 0 aromatic heterocycles. The quantitative estimate of drug-likeness (QED) is 0.837. The Labute approximate surface area is 107 Å². The van der Waals surface area contributed by atoms with Gasteiger partial charge in [0, 0.05) is 9.13 Å². The highest BCUT2D eigenvalue weighted by Crippen LogP contribution is 2.24. The van der Waals surface area contributed by atoms with Gasteiger partial charge in [-0.05, 0) is 46.4 Å². The van der Waals surface area contributed by atoms with Gasteiger partial charge in [0.25, 0.3) is 0 Å². The maximum absolute atomic E-state index is 13.5. The van der Waals surface area contributed by atoms with Gasteiger partial charge >= 0.3 is 0 Å². The van der Waals surface area contributed by atoms with Crippen LogP contribution in [0.15, 0.2) is 48.5 Å². The van der Waals surface area contributed by atoms with Crippen LogP contribution in [0.5, 0.6) is 0 Å². The Morgan fingerprint density at radius 1 is 1.06 bits per heavy atom. The molecule has 0 radical (unpaired) electrons. The third-order valence-electron chi connectivity index (χ3n) is 2.36. The molecule has 3 heteroatoms. The Morgan fingerprint density at radius 3 is 2.50 bits per heavy atom. The summed E-state index contributed by atoms with van der Waals surface area (Å²) < 4.78 is 14.5. The van der Waals surface area contributed by atoms with Crippen LogP contribution in [-0.4, -0.2) is 5.11 Å². The Morgan fingerprint density at radius 2 is 1.81 bits per heavy atom. The largest absolute Gasteiger partial charge is 0.384 e. The van der Waals surface area contributed by atoms with E-state index in [1.807, 2.05) is 18.2 Å². The van der Waals surface area contributed by atoms with E-state index in [0.717, 1.165) is 3.57 Å². The highest BCUT2D eigenvalue weighted by atomic mass is 127. The number of hydrogen-bond donors (Lipinski definition) is 1. The zero-order chi connectivity index (χ0) is 11.5. The normalized spacial score (nSPS) is 12.4. The maximum Gasteiger partial charge on any atom is 0.129 e. The van der Waals surface area contributed by atoms with Crippen molar-refractivity contribution in [2.75, 3.05) is 0 Å². The van der Waals surface area contributed by atoms with Crippen molar-refractivity contribution in [3.63, 3.8) is 0 Å². The van der Waals surface area contributed by atoms with Gasteiger partial charge in [0.1, 0.15) is 11.9 Å². The van der Waals surface area contributed by atoms with E-state index < -0.39 is 6.10 Å². The molecule has 0 saturated heterocycles. The lowest BCUT2D eigenvalue weighted by molar-refractivity contribution is 0.215. The second kappa shape index (κ2) is 4.93. The lowest BCUT2D eigenvalue weighted by atomic mass is 10.0. The second-order valence-corrected chi connectivity index (χ2v) is 4.72. The molecule has 0 spiro atoms. The molecule has 0 bridgehead atoms. The Kier molecular flexibility index (Phi) is 3.56. The van der Waals surface area contributed by atoms with E-state index in [1.54, 1.807) is 24.3 Å². The molecule has 16 heavy (non-hydrogen) atoms. The lowest BCUT2D eigenvalue weighted by Gasteiger charge is -2.12. The topological polar surface area (TPSA) is 20.2 Å². The van der Waals surface area contributed by atoms with E-state index in [-0.39, 0.29) is 5.82 Å². The average molecular weight is 328 g/mol. The van der Waals surface area contributed by atoms with Crippen LogP contribution in [0.2, 0.25) is 0 Å². The number of benzene rings is 2. The second-order valence-electron chi connectivity index (χ2n) is 3.48. The van der Waals surface area contributed by atoms with Crippen LogP contribution in [0, 0.1) is 9.39 Å². The Bertz CT molecular complexity index is 499. The number of hydrogen-bond acceptors (Lipinski definition) is 1. The molecule has 0 aliphatic heterocycles. The fourth-order valence-corrected chi connectivity index (χ4v) is 2.12. The third-order valence-corrected chi connectivity index (χ3v) is 3.04. The standard InChI is InChI=1S/C13H10FIO/c14-12-7-2-1-6-11(12)13(16)9-4-3-5-10(15)8-9/h1-8,13,16H. The molecule has 2 aromatic carbocycles. The highest BCUT2D eigenvalue weighted by Gasteiger charge is 2.14. The van der Waals surface area contributed by atoms with Gasteiger partial charge in [0.2, 0.25) is 0 Å². The van der Waals surface area contributed by atoms with E-state index in [9.17, 15) is 9.50 Å². The highest BCUT2D eigenvalue weighted by molar-refractivity contribution is 14.1. The van der Waals surface area contributed by atoms with Gasteiger partial charge in [0.05, 0.1) is 0 Å². The van der Waals surface area contributed by atoms with E-state index in [2.05, 4.69) is 22.6 Å². The first-order valence-corrected chi connectivity index (χ1v) is 5.94. The minimum Gasteiger partial charge on any atom is -0.384 e. The molecule has 0 aliphatic rings. The number of halogens is 2. The summed E-state index contributed by atoms with van der Waals surface area (Å²) in [5.41, 5.74) is 1.02. The smallest absolute Gasteiger partial charge is 0.129 e. The van der Waals surface area contributed by atoms with Gasteiger partial charge < -0.3 is 5.11 Å². The Hall–Kier alpha value is -0.940. The summed E-state index contributed by atoms with van der Waals surface area (Å²) in [6.45, 7) is 0. The number of aliphatic hydroxyl groups is 1. The van der Waals surface area contributed by atoms with Gasteiger partial charge in [-0.3, -0.25) is 0 Å². The van der Waals surface area contributed by atoms with Crippen LogP contribution < -0.4 is 0 Å². The predicted octanol–water partition coefficient (Wildman–Crippen LogP) is 3.51. The van der Waals surface area contributed by atoms with Crippen molar-refractivity contribution >= 4 is 22.6 Å². The zero-order valence-corrected chi connectivity index (χ0v) is 10.6. The van der Waals surface area contributed by atoms with Gasteiger partial charge in [-0.1, -0.05) is 30.3 Å². The predicted molar refractivity (Wildman–Crippen MR) is 69.6 cm³/mol. The van der Waals surface area contributed by atoms with Gasteiger partial charge in [-0.15, -0.1) is 0 Å². The molecule has 2 rings (SSSR count). The Balaban J connectivity index is 2.39. The van der Waals surface area contributed by atoms with E-state index in [4.69, 9.17) is 0 Å². The van der Waals surface area contributed by atoms with Crippen LogP contribution in [0.4, 0.5) is 4.39 Å². The minimum absolute atomic E-state index is 0.310. The van der Waals surface area contributed by atoms with Crippen molar-refractivity contribution in [3.05, 3.63) is 69.0 Å². The molecule has 0 fully saturated rings. The molecule has 1 nitrogen and oxygen atoms in total. The lowest BCUT2D eigenvalue weighted by Crippen LogP contribution is -2.02. The number of aliphatic hydroxyl groups excluding tert-OH is 1. The van der Waals surface area contributed by atoms with Crippen molar-refractivity contribution in [1.82, 2.24) is 0 Å². The first-order chi connectivity index (χ1) is 7.68. The molecule has 1 N–H and O–H groups in total. The van der Waals surface area contributed by atoms with Crippen LogP contribution in [0.3, 0.4) is 0 Å². The van der Waals surface area contributed by atoms with Crippen LogP contribution in [0.25, 0.3) is 0 Å². The zero-order valence-electron chi connectivity index (χ0n) is 8.40. The molecule has 0 saturated carbocycles. The minimum atomic E-state index is -0.907. The van der Waals surface area contributed by atoms with Crippen molar-refractivity contribution in [1.29, 1.82) is 0 Å². The van der Waals surface area contributed by atoms with Gasteiger partial charge in [-0.25, -0.2) is 4.39 Å². The molecular formula is C13H10FIO. The van der Waals surface area contributed by atoms with E-state index in [0.29, 0.717) is 11.1 Å². The van der Waals surface area contributed by atoms with Gasteiger partial charge in [0.15, 0.2) is 0 Å². The van der Waals surface area contributed by atoms with Crippen LogP contribution >= 0.6 is 22.6 Å². The molecule has 82 valence electrons. The molecule has 0 amide bonds. The SMILES string of the molecule is OC(c1cccc(I)c1)c1ccccc1F. The third kappa shape index (κ3) is 2.41. The van der Waals surface area contributed by atoms with Crippen molar-refractivity contribution in [2.45, 2.75) is 6.10 Å². The average Bonchev–Trinajstić information content (AvgIpc) is 2.29. The van der Waals surface area contributed by atoms with Crippen LogP contribution in [0.1, 0.15) is 17.2 Å². The fraction of sp³-hybridized carbons (Fsp3) is 0.0769. The van der Waals surface area contributed by atoms with Gasteiger partial charge in [-0.2, -0.15) is 0 Å². The van der Waals surface area contributed by atoms with E-state index in [1.165, 1.54) is 6.07 Å². The molecule has 1 atom stereocenters.